The molecule has 0 spiro atoms. The van der Waals surface area contributed by atoms with E-state index in [0.717, 1.165) is 5.56 Å². The van der Waals surface area contributed by atoms with Gasteiger partial charge in [-0.25, -0.2) is 4.39 Å². The molecule has 0 aliphatic carbocycles. The summed E-state index contributed by atoms with van der Waals surface area (Å²) >= 11 is 0. The maximum atomic E-state index is 13.7. The highest BCUT2D eigenvalue weighted by molar-refractivity contribution is 5.78. The molecular weight excluding hydrogens is 235 g/mol. The quantitative estimate of drug-likeness (QED) is 0.772. The lowest BCUT2D eigenvalue weighted by molar-refractivity contribution is 0.398. The van der Waals surface area contributed by atoms with Gasteiger partial charge in [-0.05, 0) is 31.8 Å². The fourth-order valence-electron chi connectivity index (χ4n) is 1.83. The van der Waals surface area contributed by atoms with Gasteiger partial charge in [0.2, 0.25) is 0 Å². The molecule has 1 aromatic carbocycles. The molecule has 1 heterocycles. The monoisotopic (exact) mass is 250 g/mol. The number of aromatic nitrogens is 2. The predicted octanol–water partition coefficient (Wildman–Crippen LogP) is 1.57. The van der Waals surface area contributed by atoms with E-state index < -0.39 is 11.6 Å². The number of nitrogens with two attached hydrogens (primary N) is 1. The van der Waals surface area contributed by atoms with E-state index in [9.17, 15) is 9.50 Å². The molecule has 0 unspecified atom stereocenters. The molecule has 6 heteroatoms. The molecule has 2 aromatic rings. The van der Waals surface area contributed by atoms with Crippen molar-refractivity contribution in [1.29, 1.82) is 0 Å². The Hall–Kier alpha value is -2.08. The molecule has 0 bridgehead atoms. The van der Waals surface area contributed by atoms with Crippen molar-refractivity contribution in [2.75, 3.05) is 19.8 Å². The molecule has 0 fully saturated rings. The number of hydrogen-bond donors (Lipinski definition) is 3. The van der Waals surface area contributed by atoms with Crippen molar-refractivity contribution in [3.63, 3.8) is 0 Å². The Labute approximate surface area is 104 Å². The zero-order valence-corrected chi connectivity index (χ0v) is 10.2. The van der Waals surface area contributed by atoms with E-state index in [0.29, 0.717) is 23.5 Å². The zero-order chi connectivity index (χ0) is 13.3. The van der Waals surface area contributed by atoms with E-state index in [-0.39, 0.29) is 0 Å². The number of aromatic hydroxyl groups is 1. The number of benzene rings is 1. The molecule has 18 heavy (non-hydrogen) atoms. The van der Waals surface area contributed by atoms with Crippen LogP contribution in [0, 0.1) is 5.82 Å². The van der Waals surface area contributed by atoms with Crippen molar-refractivity contribution >= 4 is 5.82 Å². The number of hydrogen-bond acceptors (Lipinski definition) is 4. The van der Waals surface area contributed by atoms with Crippen LogP contribution in [0.1, 0.15) is 5.56 Å². The first-order chi connectivity index (χ1) is 8.49. The van der Waals surface area contributed by atoms with Gasteiger partial charge >= 0.3 is 0 Å². The van der Waals surface area contributed by atoms with Crippen LogP contribution >= 0.6 is 0 Å². The van der Waals surface area contributed by atoms with Crippen LogP contribution in [-0.2, 0) is 6.54 Å². The largest absolute Gasteiger partial charge is 0.504 e. The Balaban J connectivity index is 2.53. The molecule has 0 radical (unpaired) electrons. The summed E-state index contributed by atoms with van der Waals surface area (Å²) < 4.78 is 13.7. The number of nitrogen functional groups attached to an aromatic ring is 1. The minimum Gasteiger partial charge on any atom is -0.504 e. The third-order valence-corrected chi connectivity index (χ3v) is 2.58. The van der Waals surface area contributed by atoms with Gasteiger partial charge in [0.05, 0.1) is 6.20 Å². The molecule has 0 atom stereocenters. The normalized spacial score (nSPS) is 11.1. The average Bonchev–Trinajstić information content (AvgIpc) is 2.69. The second-order valence-electron chi connectivity index (χ2n) is 4.41. The summed E-state index contributed by atoms with van der Waals surface area (Å²) in [5.41, 5.74) is 7.27. The number of anilines is 1. The van der Waals surface area contributed by atoms with Crippen LogP contribution in [0.15, 0.2) is 18.3 Å². The minimum atomic E-state index is -0.662. The van der Waals surface area contributed by atoms with Crippen LogP contribution in [0.3, 0.4) is 0 Å². The smallest absolute Gasteiger partial charge is 0.165 e. The van der Waals surface area contributed by atoms with E-state index in [1.165, 1.54) is 12.3 Å². The zero-order valence-electron chi connectivity index (χ0n) is 10.2. The lowest BCUT2D eigenvalue weighted by Crippen LogP contribution is -2.11. The van der Waals surface area contributed by atoms with Crippen LogP contribution in [0.5, 0.6) is 5.75 Å². The van der Waals surface area contributed by atoms with E-state index in [4.69, 9.17) is 5.73 Å². The lowest BCUT2D eigenvalue weighted by Gasteiger charge is -2.12. The van der Waals surface area contributed by atoms with Crippen LogP contribution in [0.25, 0.3) is 11.1 Å². The van der Waals surface area contributed by atoms with Crippen LogP contribution in [-0.4, -0.2) is 34.3 Å². The minimum absolute atomic E-state index is 0.298. The van der Waals surface area contributed by atoms with Gasteiger partial charge in [-0.1, -0.05) is 0 Å². The number of phenolic OH excluding ortho intramolecular Hbond substituents is 1. The summed E-state index contributed by atoms with van der Waals surface area (Å²) in [7, 11) is 3.77. The van der Waals surface area contributed by atoms with Crippen LogP contribution in [0.4, 0.5) is 10.2 Å². The molecule has 5 nitrogen and oxygen atoms in total. The van der Waals surface area contributed by atoms with E-state index >= 15 is 0 Å². The maximum absolute atomic E-state index is 13.7. The summed E-state index contributed by atoms with van der Waals surface area (Å²) in [6, 6.07) is 3.02. The highest BCUT2D eigenvalue weighted by Crippen LogP contribution is 2.35. The number of H-pyrrole nitrogens is 1. The number of nitrogens with one attached hydrogen (secondary N) is 1. The van der Waals surface area contributed by atoms with Crippen molar-refractivity contribution in [3.8, 4) is 16.9 Å². The summed E-state index contributed by atoms with van der Waals surface area (Å²) in [4.78, 5) is 1.91. The second kappa shape index (κ2) is 4.66. The number of halogens is 1. The Morgan fingerprint density at radius 3 is 2.67 bits per heavy atom. The number of phenols is 1. The average molecular weight is 250 g/mol. The standard InChI is InChI=1S/C12H15FN4O/c1-17(2)6-7-3-8(11(18)10(13)4-7)9-5-15-16-12(9)14/h3-5,18H,6H2,1-2H3,(H3,14,15,16). The van der Waals surface area contributed by atoms with Gasteiger partial charge in [0.1, 0.15) is 5.82 Å². The van der Waals surface area contributed by atoms with Crippen molar-refractivity contribution < 1.29 is 9.50 Å². The summed E-state index contributed by atoms with van der Waals surface area (Å²) in [6.07, 6.45) is 1.46. The van der Waals surface area contributed by atoms with E-state index in [1.54, 1.807) is 6.07 Å². The van der Waals surface area contributed by atoms with Gasteiger partial charge in [0, 0.05) is 17.7 Å². The van der Waals surface area contributed by atoms with Crippen molar-refractivity contribution in [3.05, 3.63) is 29.7 Å². The molecule has 96 valence electrons. The third-order valence-electron chi connectivity index (χ3n) is 2.58. The van der Waals surface area contributed by atoms with E-state index in [1.807, 2.05) is 19.0 Å². The third kappa shape index (κ3) is 2.28. The Bertz CT molecular complexity index is 565. The fourth-order valence-corrected chi connectivity index (χ4v) is 1.83. The molecule has 2 rings (SSSR count). The summed E-state index contributed by atoms with van der Waals surface area (Å²) in [6.45, 7) is 0.571. The van der Waals surface area contributed by atoms with Gasteiger partial charge in [0.15, 0.2) is 11.6 Å². The first kappa shape index (κ1) is 12.4. The van der Waals surface area contributed by atoms with Crippen molar-refractivity contribution in [1.82, 2.24) is 15.1 Å². The summed E-state index contributed by atoms with van der Waals surface area (Å²) in [5, 5.41) is 16.1. The lowest BCUT2D eigenvalue weighted by atomic mass is 10.0. The molecule has 1 aromatic heterocycles. The van der Waals surface area contributed by atoms with Crippen molar-refractivity contribution in [2.45, 2.75) is 6.54 Å². The first-order valence-electron chi connectivity index (χ1n) is 5.44. The fraction of sp³-hybridized carbons (Fsp3) is 0.250. The van der Waals surface area contributed by atoms with Gasteiger partial charge < -0.3 is 15.7 Å². The maximum Gasteiger partial charge on any atom is 0.165 e. The molecule has 4 N–H and O–H groups in total. The first-order valence-corrected chi connectivity index (χ1v) is 5.44. The molecule has 0 aliphatic rings. The Kier molecular flexibility index (Phi) is 3.20. The molecule has 0 amide bonds. The topological polar surface area (TPSA) is 78.2 Å². The molecule has 0 aliphatic heterocycles. The number of nitrogens with zero attached hydrogens (tertiary/aromatic N) is 2. The molecule has 0 saturated carbocycles. The SMILES string of the molecule is CN(C)Cc1cc(F)c(O)c(-c2cn[nH]c2N)c1. The molecule has 0 saturated heterocycles. The van der Waals surface area contributed by atoms with Gasteiger partial charge in [-0.2, -0.15) is 5.10 Å². The van der Waals surface area contributed by atoms with Gasteiger partial charge in [0.25, 0.3) is 0 Å². The Morgan fingerprint density at radius 2 is 2.11 bits per heavy atom. The van der Waals surface area contributed by atoms with Crippen LogP contribution < -0.4 is 5.73 Å². The summed E-state index contributed by atoms with van der Waals surface area (Å²) in [5.74, 6) is -0.776. The highest BCUT2D eigenvalue weighted by Gasteiger charge is 2.15. The highest BCUT2D eigenvalue weighted by atomic mass is 19.1. The van der Waals surface area contributed by atoms with E-state index in [2.05, 4.69) is 10.2 Å². The predicted molar refractivity (Wildman–Crippen MR) is 67.4 cm³/mol. The van der Waals surface area contributed by atoms with Crippen molar-refractivity contribution in [2.24, 2.45) is 0 Å². The number of rotatable bonds is 3. The second-order valence-corrected chi connectivity index (χ2v) is 4.41. The van der Waals surface area contributed by atoms with Crippen LogP contribution in [0.2, 0.25) is 0 Å². The molecular formula is C12H15FN4O. The van der Waals surface area contributed by atoms with Gasteiger partial charge in [-0.3, -0.25) is 5.10 Å². The Morgan fingerprint density at radius 1 is 1.39 bits per heavy atom. The number of aromatic amines is 1. The van der Waals surface area contributed by atoms with Gasteiger partial charge in [-0.15, -0.1) is 0 Å².